The van der Waals surface area contributed by atoms with Gasteiger partial charge < -0.3 is 4.57 Å². The largest absolute Gasteiger partial charge is 0.310 e. The maximum absolute atomic E-state index is 2.46. The van der Waals surface area contributed by atoms with Crippen LogP contribution in [0.3, 0.4) is 0 Å². The minimum absolute atomic E-state index is 1.03. The van der Waals surface area contributed by atoms with E-state index >= 15 is 0 Å². The van der Waals surface area contributed by atoms with Crippen LogP contribution in [0.15, 0.2) is 189 Å². The summed E-state index contributed by atoms with van der Waals surface area (Å²) < 4.78 is 2.46. The van der Waals surface area contributed by atoms with Crippen LogP contribution in [-0.2, 0) is 6.42 Å². The molecule has 0 amide bonds. The van der Waals surface area contributed by atoms with E-state index in [1.807, 2.05) is 23.5 Å². The van der Waals surface area contributed by atoms with Crippen molar-refractivity contribution in [2.75, 3.05) is 0 Å². The van der Waals surface area contributed by atoms with Gasteiger partial charge in [-0.15, -0.1) is 0 Å². The van der Waals surface area contributed by atoms with Crippen LogP contribution >= 0.6 is 23.5 Å². The highest BCUT2D eigenvalue weighted by molar-refractivity contribution is 8.00. The van der Waals surface area contributed by atoms with Gasteiger partial charge >= 0.3 is 0 Å². The Bertz CT molecular complexity index is 2630. The van der Waals surface area contributed by atoms with E-state index in [0.717, 1.165) is 12.8 Å². The zero-order chi connectivity index (χ0) is 33.7. The normalized spacial score (nSPS) is 13.1. The molecule has 0 saturated heterocycles. The van der Waals surface area contributed by atoms with Gasteiger partial charge in [0.25, 0.3) is 0 Å². The molecule has 1 aliphatic carbocycles. The van der Waals surface area contributed by atoms with Crippen molar-refractivity contribution in [2.24, 2.45) is 0 Å². The average molecular weight is 688 g/mol. The molecule has 0 radical (unpaired) electrons. The predicted molar refractivity (Wildman–Crippen MR) is 217 cm³/mol. The number of para-hydroxylation sites is 1. The molecule has 2 heterocycles. The summed E-state index contributed by atoms with van der Waals surface area (Å²) in [5.41, 5.74) is 15.3. The summed E-state index contributed by atoms with van der Waals surface area (Å²) in [5.74, 6) is 0. The number of aromatic nitrogens is 1. The summed E-state index contributed by atoms with van der Waals surface area (Å²) in [6.07, 6.45) is 6.74. The molecule has 242 valence electrons. The number of rotatable bonds is 3. The number of fused-ring (bicyclic) bond motifs is 9. The molecule has 0 saturated carbocycles. The highest BCUT2D eigenvalue weighted by Gasteiger charge is 2.26. The fourth-order valence-electron chi connectivity index (χ4n) is 7.96. The first-order valence-corrected chi connectivity index (χ1v) is 19.2. The van der Waals surface area contributed by atoms with E-state index in [0.29, 0.717) is 0 Å². The van der Waals surface area contributed by atoms with Crippen LogP contribution in [0.25, 0.3) is 67.2 Å². The van der Waals surface area contributed by atoms with Crippen LogP contribution in [0.5, 0.6) is 0 Å². The lowest BCUT2D eigenvalue weighted by Crippen LogP contribution is -1.99. The van der Waals surface area contributed by atoms with Gasteiger partial charge in [0.15, 0.2) is 0 Å². The van der Waals surface area contributed by atoms with Crippen LogP contribution in [-0.4, -0.2) is 4.57 Å². The van der Waals surface area contributed by atoms with Gasteiger partial charge in [0.2, 0.25) is 0 Å². The molecule has 0 unspecified atom stereocenters. The monoisotopic (exact) mass is 687 g/mol. The molecule has 0 fully saturated rings. The van der Waals surface area contributed by atoms with E-state index in [1.165, 1.54) is 91.9 Å². The zero-order valence-corrected chi connectivity index (χ0v) is 29.6. The summed E-state index contributed by atoms with van der Waals surface area (Å²) in [6.45, 7) is 0. The lowest BCUT2D eigenvalue weighted by molar-refractivity contribution is 0.968. The molecule has 0 N–H and O–H groups in total. The molecule has 7 aromatic carbocycles. The summed E-state index contributed by atoms with van der Waals surface area (Å²) in [5, 5.41) is 1.36. The Hall–Kier alpha value is -5.48. The van der Waals surface area contributed by atoms with Gasteiger partial charge in [0, 0.05) is 41.9 Å². The molecule has 10 rings (SSSR count). The standard InChI is InChI=1S/C48H33NS2/c1-3-16-32(17-4-1)34-23-13-26-40-47-38(37-24-14-28-42-46(37)39-22-7-10-27-41(39)49(42)33-18-5-2-6-19-33)25-15-31-45(47)50-43-29-11-8-20-35(43)36-21-9-12-30-44(36)51-48(34)40/h1-6,8-21,23-31H,7,22H2. The zero-order valence-electron chi connectivity index (χ0n) is 27.9. The number of nitrogens with zero attached hydrogens (tertiary/aromatic N) is 1. The number of allylic oxidation sites excluding steroid dienone is 1. The third kappa shape index (κ3) is 5.11. The summed E-state index contributed by atoms with van der Waals surface area (Å²) in [7, 11) is 0. The Balaban J connectivity index is 1.31. The smallest absolute Gasteiger partial charge is 0.0543 e. The first-order chi connectivity index (χ1) is 25.3. The second-order valence-corrected chi connectivity index (χ2v) is 15.2. The number of hydrogen-bond acceptors (Lipinski definition) is 2. The molecular formula is C48H33NS2. The van der Waals surface area contributed by atoms with Crippen molar-refractivity contribution in [1.82, 2.24) is 4.57 Å². The van der Waals surface area contributed by atoms with Crippen LogP contribution in [0.4, 0.5) is 0 Å². The number of aryl methyl sites for hydroxylation is 1. The molecule has 0 atom stereocenters. The van der Waals surface area contributed by atoms with Crippen molar-refractivity contribution in [3.05, 3.63) is 181 Å². The third-order valence-electron chi connectivity index (χ3n) is 10.2. The Morgan fingerprint density at radius 3 is 1.84 bits per heavy atom. The maximum Gasteiger partial charge on any atom is 0.0543 e. The van der Waals surface area contributed by atoms with Crippen molar-refractivity contribution in [2.45, 2.75) is 32.4 Å². The quantitative estimate of drug-likeness (QED) is 0.182. The Kier molecular flexibility index (Phi) is 7.55. The first-order valence-electron chi connectivity index (χ1n) is 17.6. The summed E-state index contributed by atoms with van der Waals surface area (Å²) in [4.78, 5) is 5.07. The summed E-state index contributed by atoms with van der Waals surface area (Å²) in [6, 6.07) is 60.3. The van der Waals surface area contributed by atoms with Gasteiger partial charge in [-0.3, -0.25) is 0 Å². The molecule has 51 heavy (non-hydrogen) atoms. The first kappa shape index (κ1) is 30.4. The molecule has 2 aliphatic rings. The van der Waals surface area contributed by atoms with E-state index in [9.17, 15) is 0 Å². The highest BCUT2D eigenvalue weighted by Crippen LogP contribution is 2.54. The van der Waals surface area contributed by atoms with E-state index in [4.69, 9.17) is 0 Å². The lowest BCUT2D eigenvalue weighted by atomic mass is 9.89. The van der Waals surface area contributed by atoms with E-state index in [1.54, 1.807) is 0 Å². The van der Waals surface area contributed by atoms with E-state index in [-0.39, 0.29) is 0 Å². The van der Waals surface area contributed by atoms with Crippen LogP contribution in [0.2, 0.25) is 0 Å². The van der Waals surface area contributed by atoms with Gasteiger partial charge in [-0.2, -0.15) is 0 Å². The van der Waals surface area contributed by atoms with Crippen molar-refractivity contribution in [3.8, 4) is 50.2 Å². The van der Waals surface area contributed by atoms with Crippen molar-refractivity contribution in [3.63, 3.8) is 0 Å². The highest BCUT2D eigenvalue weighted by atomic mass is 32.2. The van der Waals surface area contributed by atoms with Crippen LogP contribution in [0, 0.1) is 0 Å². The molecule has 3 heteroatoms. The Labute approximate surface area is 307 Å². The summed E-state index contributed by atoms with van der Waals surface area (Å²) >= 11 is 3.78. The fraction of sp³-hybridized carbons (Fsp3) is 0.0417. The number of hydrogen-bond donors (Lipinski definition) is 0. The molecule has 1 nitrogen and oxygen atoms in total. The van der Waals surface area contributed by atoms with Gasteiger partial charge in [-0.25, -0.2) is 0 Å². The maximum atomic E-state index is 2.46. The lowest BCUT2D eigenvalue weighted by Gasteiger charge is -2.24. The predicted octanol–water partition coefficient (Wildman–Crippen LogP) is 13.9. The van der Waals surface area contributed by atoms with Gasteiger partial charge in [0.1, 0.15) is 0 Å². The average Bonchev–Trinajstić information content (AvgIpc) is 3.54. The SMILES string of the molecule is C1=Cc2c(c3c(-c4cccc5c4-c4cccc(-c6ccccc6)c4Sc4ccccc4-c4ccccc4S5)cccc3n2-c2ccccc2)CC1. The van der Waals surface area contributed by atoms with Gasteiger partial charge in [-0.1, -0.05) is 157 Å². The van der Waals surface area contributed by atoms with Gasteiger partial charge in [0.05, 0.1) is 5.52 Å². The second-order valence-electron chi connectivity index (χ2n) is 13.1. The second kappa shape index (κ2) is 12.7. The van der Waals surface area contributed by atoms with E-state index in [2.05, 4.69) is 181 Å². The molecule has 1 aliphatic heterocycles. The molecule has 1 aromatic heterocycles. The molecular weight excluding hydrogens is 655 g/mol. The van der Waals surface area contributed by atoms with Crippen molar-refractivity contribution >= 4 is 40.5 Å². The number of benzene rings is 7. The van der Waals surface area contributed by atoms with Crippen LogP contribution < -0.4 is 0 Å². The van der Waals surface area contributed by atoms with E-state index < -0.39 is 0 Å². The fourth-order valence-corrected chi connectivity index (χ4v) is 10.3. The topological polar surface area (TPSA) is 4.93 Å². The van der Waals surface area contributed by atoms with Crippen molar-refractivity contribution < 1.29 is 0 Å². The Morgan fingerprint density at radius 2 is 1.04 bits per heavy atom. The molecule has 0 bridgehead atoms. The van der Waals surface area contributed by atoms with Gasteiger partial charge in [-0.05, 0) is 99.8 Å². The molecule has 8 aromatic rings. The minimum atomic E-state index is 1.03. The van der Waals surface area contributed by atoms with Crippen molar-refractivity contribution in [1.29, 1.82) is 0 Å². The van der Waals surface area contributed by atoms with Crippen LogP contribution in [0.1, 0.15) is 17.7 Å². The third-order valence-corrected chi connectivity index (χ3v) is 12.5. The molecule has 0 spiro atoms. The minimum Gasteiger partial charge on any atom is -0.310 e. The Morgan fingerprint density at radius 1 is 0.451 bits per heavy atom.